The molecule has 37 heavy (non-hydrogen) atoms. The van der Waals surface area contributed by atoms with Gasteiger partial charge in [-0.3, -0.25) is 9.59 Å². The van der Waals surface area contributed by atoms with Gasteiger partial charge in [0.25, 0.3) is 5.91 Å². The van der Waals surface area contributed by atoms with E-state index in [0.29, 0.717) is 17.9 Å². The van der Waals surface area contributed by atoms with Gasteiger partial charge in [-0.15, -0.1) is 0 Å². The van der Waals surface area contributed by atoms with Crippen LogP contribution in [0.2, 0.25) is 0 Å². The summed E-state index contributed by atoms with van der Waals surface area (Å²) in [7, 11) is 4.63. The Morgan fingerprint density at radius 2 is 1.49 bits per heavy atom. The van der Waals surface area contributed by atoms with Gasteiger partial charge in [0.1, 0.15) is 0 Å². The first-order chi connectivity index (χ1) is 18.1. The van der Waals surface area contributed by atoms with Crippen molar-refractivity contribution in [1.82, 2.24) is 0 Å². The number of carbonyl (C=O) groups excluding carboxylic acids is 2. The summed E-state index contributed by atoms with van der Waals surface area (Å²) < 4.78 is 15.5. The highest BCUT2D eigenvalue weighted by atomic mass is 16.5. The van der Waals surface area contributed by atoms with E-state index in [-0.39, 0.29) is 18.3 Å². The number of amides is 1. The van der Waals surface area contributed by atoms with Crippen LogP contribution in [0.25, 0.3) is 0 Å². The Bertz CT molecular complexity index is 1070. The summed E-state index contributed by atoms with van der Waals surface area (Å²) in [4.78, 5) is 24.3. The number of unbranched alkanes of at least 4 members (excludes halogenated alkanes) is 8. The fourth-order valence-corrected chi connectivity index (χ4v) is 4.68. The second kappa shape index (κ2) is 15.0. The van der Waals surface area contributed by atoms with Crippen molar-refractivity contribution < 1.29 is 23.8 Å². The Morgan fingerprint density at radius 3 is 2.16 bits per heavy atom. The summed E-state index contributed by atoms with van der Waals surface area (Å²) in [5, 5.41) is 6.09. The molecule has 1 aliphatic rings. The minimum Gasteiger partial charge on any atom is -0.493 e. The highest BCUT2D eigenvalue weighted by Crippen LogP contribution is 2.32. The number of fused-ring (bicyclic) bond motifs is 1. The molecule has 0 saturated heterocycles. The zero-order chi connectivity index (χ0) is 26.5. The maximum Gasteiger partial charge on any atom is 0.305 e. The van der Waals surface area contributed by atoms with Crippen molar-refractivity contribution in [2.24, 2.45) is 5.10 Å². The SMILES string of the molecule is COC(=O)CCCCCCCCCCCc1ccccc1N1N=Cc2cc(OC)c(OC)cc2CC1=O. The van der Waals surface area contributed by atoms with Crippen molar-refractivity contribution in [3.8, 4) is 11.5 Å². The number of nitrogens with zero attached hydrogens (tertiary/aromatic N) is 2. The largest absolute Gasteiger partial charge is 0.493 e. The Hall–Kier alpha value is -3.35. The lowest BCUT2D eigenvalue weighted by atomic mass is 10.0. The van der Waals surface area contributed by atoms with Crippen molar-refractivity contribution in [3.63, 3.8) is 0 Å². The number of benzene rings is 2. The van der Waals surface area contributed by atoms with E-state index in [1.165, 1.54) is 50.6 Å². The second-order valence-electron chi connectivity index (χ2n) is 9.42. The van der Waals surface area contributed by atoms with Gasteiger partial charge in [0, 0.05) is 12.0 Å². The van der Waals surface area contributed by atoms with E-state index in [9.17, 15) is 9.59 Å². The number of ether oxygens (including phenoxy) is 3. The van der Waals surface area contributed by atoms with Gasteiger partial charge >= 0.3 is 5.97 Å². The van der Waals surface area contributed by atoms with Gasteiger partial charge in [-0.1, -0.05) is 63.1 Å². The predicted molar refractivity (Wildman–Crippen MR) is 147 cm³/mol. The van der Waals surface area contributed by atoms with Crippen molar-refractivity contribution in [3.05, 3.63) is 53.1 Å². The van der Waals surface area contributed by atoms with Crippen LogP contribution in [0.15, 0.2) is 41.5 Å². The number of aryl methyl sites for hydroxylation is 1. The van der Waals surface area contributed by atoms with Crippen LogP contribution in [-0.4, -0.2) is 39.4 Å². The molecular formula is C30H40N2O5. The molecule has 1 heterocycles. The monoisotopic (exact) mass is 508 g/mol. The third-order valence-electron chi connectivity index (χ3n) is 6.81. The summed E-state index contributed by atoms with van der Waals surface area (Å²) in [6.45, 7) is 0. The molecule has 0 saturated carbocycles. The predicted octanol–water partition coefficient (Wildman–Crippen LogP) is 6.24. The number of methoxy groups -OCH3 is 3. The van der Waals surface area contributed by atoms with E-state index >= 15 is 0 Å². The van der Waals surface area contributed by atoms with E-state index in [1.807, 2.05) is 30.3 Å². The van der Waals surface area contributed by atoms with Gasteiger partial charge in [0.2, 0.25) is 0 Å². The normalized spacial score (nSPS) is 12.7. The Kier molecular flexibility index (Phi) is 11.5. The molecule has 0 spiro atoms. The molecule has 3 rings (SSSR count). The molecule has 2 aromatic carbocycles. The molecule has 0 fully saturated rings. The van der Waals surface area contributed by atoms with Gasteiger partial charge in [0.15, 0.2) is 11.5 Å². The molecule has 0 bridgehead atoms. The number of hydrogen-bond donors (Lipinski definition) is 0. The average Bonchev–Trinajstić information content (AvgIpc) is 3.08. The summed E-state index contributed by atoms with van der Waals surface area (Å²) in [6, 6.07) is 11.8. The number of esters is 1. The highest BCUT2D eigenvalue weighted by Gasteiger charge is 2.23. The summed E-state index contributed by atoms with van der Waals surface area (Å²) in [6.07, 6.45) is 13.8. The third-order valence-corrected chi connectivity index (χ3v) is 6.81. The fourth-order valence-electron chi connectivity index (χ4n) is 4.68. The molecule has 2 aromatic rings. The molecule has 0 aromatic heterocycles. The van der Waals surface area contributed by atoms with Crippen molar-refractivity contribution in [1.29, 1.82) is 0 Å². The van der Waals surface area contributed by atoms with Crippen molar-refractivity contribution in [2.75, 3.05) is 26.3 Å². The number of rotatable bonds is 15. The maximum atomic E-state index is 13.2. The molecule has 0 unspecified atom stereocenters. The highest BCUT2D eigenvalue weighted by molar-refractivity contribution is 6.00. The quantitative estimate of drug-likeness (QED) is 0.210. The molecule has 7 nitrogen and oxygen atoms in total. The molecule has 0 aliphatic carbocycles. The number of para-hydroxylation sites is 1. The van der Waals surface area contributed by atoms with E-state index in [4.69, 9.17) is 9.47 Å². The number of anilines is 1. The van der Waals surface area contributed by atoms with Crippen LogP contribution in [-0.2, 0) is 27.2 Å². The number of hydrazone groups is 1. The van der Waals surface area contributed by atoms with Gasteiger partial charge < -0.3 is 14.2 Å². The Labute approximate surface area is 220 Å². The van der Waals surface area contributed by atoms with Crippen LogP contribution in [0.3, 0.4) is 0 Å². The summed E-state index contributed by atoms with van der Waals surface area (Å²) in [5.74, 6) is 1.05. The van der Waals surface area contributed by atoms with E-state index in [0.717, 1.165) is 48.1 Å². The van der Waals surface area contributed by atoms with E-state index in [2.05, 4.69) is 15.9 Å². The molecule has 1 aliphatic heterocycles. The minimum absolute atomic E-state index is 0.0683. The van der Waals surface area contributed by atoms with E-state index < -0.39 is 0 Å². The molecule has 0 atom stereocenters. The van der Waals surface area contributed by atoms with Crippen LogP contribution in [0.4, 0.5) is 5.69 Å². The lowest BCUT2D eigenvalue weighted by Crippen LogP contribution is -2.27. The van der Waals surface area contributed by atoms with Gasteiger partial charge in [-0.05, 0) is 48.6 Å². The van der Waals surface area contributed by atoms with Gasteiger partial charge in [-0.25, -0.2) is 5.01 Å². The van der Waals surface area contributed by atoms with Crippen molar-refractivity contribution >= 4 is 23.8 Å². The first-order valence-electron chi connectivity index (χ1n) is 13.3. The fraction of sp³-hybridized carbons (Fsp3) is 0.500. The first-order valence-corrected chi connectivity index (χ1v) is 13.3. The van der Waals surface area contributed by atoms with Gasteiger partial charge in [0.05, 0.1) is 39.7 Å². The third kappa shape index (κ3) is 8.34. The Balaban J connectivity index is 1.47. The van der Waals surface area contributed by atoms with Crippen LogP contribution in [0.1, 0.15) is 80.9 Å². The lowest BCUT2D eigenvalue weighted by Gasteiger charge is -2.19. The smallest absolute Gasteiger partial charge is 0.305 e. The van der Waals surface area contributed by atoms with Crippen molar-refractivity contribution in [2.45, 2.75) is 77.0 Å². The van der Waals surface area contributed by atoms with Gasteiger partial charge in [-0.2, -0.15) is 5.10 Å². The van der Waals surface area contributed by atoms with E-state index in [1.54, 1.807) is 20.4 Å². The first kappa shape index (κ1) is 28.2. The Morgan fingerprint density at radius 1 is 0.865 bits per heavy atom. The van der Waals surface area contributed by atoms with Crippen LogP contribution < -0.4 is 14.5 Å². The molecule has 1 amide bonds. The number of hydrogen-bond acceptors (Lipinski definition) is 6. The standard InChI is InChI=1S/C30H40N2O5/c1-35-27-19-24-21-29(33)32(31-22-25(24)20-28(27)36-2)26-17-14-13-16-23(26)15-11-9-7-5-4-6-8-10-12-18-30(34)37-3/h13-14,16-17,19-20,22H,4-12,15,18,21H2,1-3H3. The lowest BCUT2D eigenvalue weighted by molar-refractivity contribution is -0.140. The average molecular weight is 509 g/mol. The van der Waals surface area contributed by atoms with Crippen LogP contribution in [0.5, 0.6) is 11.5 Å². The molecule has 7 heteroatoms. The maximum absolute atomic E-state index is 13.2. The zero-order valence-corrected chi connectivity index (χ0v) is 22.5. The minimum atomic E-state index is -0.111. The number of carbonyl (C=O) groups is 2. The topological polar surface area (TPSA) is 77.4 Å². The summed E-state index contributed by atoms with van der Waals surface area (Å²) in [5.41, 5.74) is 3.71. The zero-order valence-electron chi connectivity index (χ0n) is 22.5. The molecule has 200 valence electrons. The van der Waals surface area contributed by atoms with Crippen LogP contribution in [0, 0.1) is 0 Å². The molecular weight excluding hydrogens is 468 g/mol. The van der Waals surface area contributed by atoms with Crippen LogP contribution >= 0.6 is 0 Å². The molecule has 0 N–H and O–H groups in total. The summed E-state index contributed by atoms with van der Waals surface area (Å²) >= 11 is 0. The second-order valence-corrected chi connectivity index (χ2v) is 9.42. The molecule has 0 radical (unpaired) electrons.